The Labute approximate surface area is 166 Å². The molecule has 3 aromatic rings. The first-order valence-corrected chi connectivity index (χ1v) is 10.4. The van der Waals surface area contributed by atoms with E-state index in [9.17, 15) is 4.79 Å². The molecule has 0 unspecified atom stereocenters. The van der Waals surface area contributed by atoms with Gasteiger partial charge in [0.2, 0.25) is 0 Å². The molecule has 1 aliphatic carbocycles. The second kappa shape index (κ2) is 6.69. The minimum Gasteiger partial charge on any atom is -0.341 e. The summed E-state index contributed by atoms with van der Waals surface area (Å²) >= 11 is 0. The smallest absolute Gasteiger partial charge is 0.318 e. The lowest BCUT2D eigenvalue weighted by Crippen LogP contribution is -2.48. The highest BCUT2D eigenvalue weighted by Gasteiger charge is 2.37. The van der Waals surface area contributed by atoms with Crippen LogP contribution in [0.5, 0.6) is 0 Å². The van der Waals surface area contributed by atoms with Crippen LogP contribution in [-0.2, 0) is 13.0 Å². The molecule has 28 heavy (non-hydrogen) atoms. The van der Waals surface area contributed by atoms with Gasteiger partial charge in [-0.3, -0.25) is 0 Å². The van der Waals surface area contributed by atoms with Gasteiger partial charge >= 0.3 is 6.03 Å². The van der Waals surface area contributed by atoms with Gasteiger partial charge in [0.25, 0.3) is 0 Å². The molecule has 0 radical (unpaired) electrons. The third-order valence-electron chi connectivity index (χ3n) is 6.43. The van der Waals surface area contributed by atoms with Crippen molar-refractivity contribution < 1.29 is 4.79 Å². The van der Waals surface area contributed by atoms with Gasteiger partial charge in [-0.25, -0.2) is 4.79 Å². The molecule has 4 nitrogen and oxygen atoms in total. The maximum atomic E-state index is 13.2. The summed E-state index contributed by atoms with van der Waals surface area (Å²) in [6.45, 7) is 5.86. The number of benzene rings is 2. The van der Waals surface area contributed by atoms with Crippen LogP contribution in [0.4, 0.5) is 4.79 Å². The number of carbonyl (C=O) groups is 1. The van der Waals surface area contributed by atoms with Gasteiger partial charge in [-0.15, -0.1) is 0 Å². The SMILES string of the molecule is Cc1ccc2c(c1)c1c3n2CCN(C(=O)N[C@H](C)c2ccccc2)[C@H]3CCC1. The van der Waals surface area contributed by atoms with E-state index in [2.05, 4.69) is 59.0 Å². The van der Waals surface area contributed by atoms with Crippen molar-refractivity contribution in [2.45, 2.75) is 51.7 Å². The largest absolute Gasteiger partial charge is 0.341 e. The second-order valence-electron chi connectivity index (χ2n) is 8.22. The predicted octanol–water partition coefficient (Wildman–Crippen LogP) is 5.11. The fourth-order valence-corrected chi connectivity index (χ4v) is 5.05. The van der Waals surface area contributed by atoms with Crippen LogP contribution in [0.25, 0.3) is 10.9 Å². The molecule has 2 atom stereocenters. The number of hydrogen-bond donors (Lipinski definition) is 1. The van der Waals surface area contributed by atoms with Crippen LogP contribution in [-0.4, -0.2) is 22.0 Å². The van der Waals surface area contributed by atoms with Crippen molar-refractivity contribution in [3.05, 3.63) is 70.9 Å². The molecule has 1 aliphatic heterocycles. The topological polar surface area (TPSA) is 37.3 Å². The van der Waals surface area contributed by atoms with E-state index in [0.29, 0.717) is 0 Å². The van der Waals surface area contributed by atoms with Crippen LogP contribution in [0, 0.1) is 6.92 Å². The normalized spacial score (nSPS) is 19.4. The number of aryl methyl sites for hydroxylation is 2. The minimum atomic E-state index is 0.00666. The summed E-state index contributed by atoms with van der Waals surface area (Å²) in [6.07, 6.45) is 3.31. The van der Waals surface area contributed by atoms with Crippen LogP contribution in [0.3, 0.4) is 0 Å². The predicted molar refractivity (Wildman–Crippen MR) is 112 cm³/mol. The van der Waals surface area contributed by atoms with E-state index in [1.807, 2.05) is 18.2 Å². The van der Waals surface area contributed by atoms with Crippen LogP contribution < -0.4 is 5.32 Å². The van der Waals surface area contributed by atoms with Crippen LogP contribution >= 0.6 is 0 Å². The van der Waals surface area contributed by atoms with Gasteiger partial charge in [-0.1, -0.05) is 42.0 Å². The molecule has 1 aromatic heterocycles. The molecule has 0 saturated carbocycles. The Morgan fingerprint density at radius 3 is 2.79 bits per heavy atom. The van der Waals surface area contributed by atoms with Gasteiger partial charge in [0.1, 0.15) is 0 Å². The maximum absolute atomic E-state index is 13.2. The van der Waals surface area contributed by atoms with Crippen molar-refractivity contribution in [1.82, 2.24) is 14.8 Å². The van der Waals surface area contributed by atoms with E-state index >= 15 is 0 Å². The average Bonchev–Trinajstić information content (AvgIpc) is 3.04. The van der Waals surface area contributed by atoms with Crippen LogP contribution in [0.1, 0.15) is 54.2 Å². The van der Waals surface area contributed by atoms with Gasteiger partial charge in [-0.2, -0.15) is 0 Å². The third kappa shape index (κ3) is 2.70. The summed E-state index contributed by atoms with van der Waals surface area (Å²) < 4.78 is 2.47. The van der Waals surface area contributed by atoms with E-state index in [-0.39, 0.29) is 18.1 Å². The van der Waals surface area contributed by atoms with Crippen LogP contribution in [0.2, 0.25) is 0 Å². The molecule has 144 valence electrons. The number of hydrogen-bond acceptors (Lipinski definition) is 1. The summed E-state index contributed by atoms with van der Waals surface area (Å²) in [5.74, 6) is 0. The van der Waals surface area contributed by atoms with Crippen molar-refractivity contribution >= 4 is 16.9 Å². The van der Waals surface area contributed by atoms with E-state index in [1.165, 1.54) is 27.7 Å². The lowest BCUT2D eigenvalue weighted by molar-refractivity contribution is 0.144. The number of aromatic nitrogens is 1. The molecule has 0 saturated heterocycles. The number of rotatable bonds is 2. The van der Waals surface area contributed by atoms with Crippen molar-refractivity contribution in [3.8, 4) is 0 Å². The number of nitrogens with zero attached hydrogens (tertiary/aromatic N) is 2. The Hall–Kier alpha value is -2.75. The molecule has 2 aliphatic rings. The van der Waals surface area contributed by atoms with Gasteiger partial charge in [0.05, 0.1) is 12.1 Å². The quantitative estimate of drug-likeness (QED) is 0.666. The zero-order valence-corrected chi connectivity index (χ0v) is 16.6. The van der Waals surface area contributed by atoms with Gasteiger partial charge in [0, 0.05) is 29.7 Å². The van der Waals surface area contributed by atoms with E-state index in [4.69, 9.17) is 0 Å². The highest BCUT2D eigenvalue weighted by molar-refractivity contribution is 5.87. The first kappa shape index (κ1) is 17.4. The standard InChI is InChI=1S/C24H27N3O/c1-16-11-12-21-20(15-16)19-9-6-10-22-23(19)26(21)13-14-27(22)24(28)25-17(2)18-7-4-3-5-8-18/h3-5,7-8,11-12,15,17,22H,6,9-10,13-14H2,1-2H3,(H,25,28)/t17-,22+/m1/s1. The number of nitrogens with one attached hydrogen (secondary N) is 1. The summed E-state index contributed by atoms with van der Waals surface area (Å²) in [5.41, 5.74) is 6.62. The first-order chi connectivity index (χ1) is 13.6. The Kier molecular flexibility index (Phi) is 4.15. The van der Waals surface area contributed by atoms with E-state index in [1.54, 1.807) is 0 Å². The molecule has 4 heteroatoms. The molecule has 0 fully saturated rings. The zero-order valence-electron chi connectivity index (χ0n) is 16.6. The highest BCUT2D eigenvalue weighted by Crippen LogP contribution is 2.42. The summed E-state index contributed by atoms with van der Waals surface area (Å²) in [6, 6.07) is 17.2. The number of urea groups is 1. The Morgan fingerprint density at radius 2 is 1.96 bits per heavy atom. The molecule has 2 heterocycles. The van der Waals surface area contributed by atoms with Crippen molar-refractivity contribution in [1.29, 1.82) is 0 Å². The first-order valence-electron chi connectivity index (χ1n) is 10.4. The summed E-state index contributed by atoms with van der Waals surface area (Å²) in [4.78, 5) is 15.2. The Balaban J connectivity index is 1.47. The highest BCUT2D eigenvalue weighted by atomic mass is 16.2. The Bertz CT molecular complexity index is 1040. The second-order valence-corrected chi connectivity index (χ2v) is 8.22. The molecule has 2 amide bonds. The lowest BCUT2D eigenvalue weighted by atomic mass is 9.89. The summed E-state index contributed by atoms with van der Waals surface area (Å²) in [7, 11) is 0. The third-order valence-corrected chi connectivity index (χ3v) is 6.43. The Morgan fingerprint density at radius 1 is 1.14 bits per heavy atom. The maximum Gasteiger partial charge on any atom is 0.318 e. The van der Waals surface area contributed by atoms with Gasteiger partial charge < -0.3 is 14.8 Å². The molecular formula is C24H27N3O. The fraction of sp³-hybridized carbons (Fsp3) is 0.375. The number of carbonyl (C=O) groups excluding carboxylic acids is 1. The molecular weight excluding hydrogens is 346 g/mol. The molecule has 0 spiro atoms. The minimum absolute atomic E-state index is 0.00666. The number of fused-ring (bicyclic) bond motifs is 3. The van der Waals surface area contributed by atoms with Crippen molar-refractivity contribution in [2.24, 2.45) is 0 Å². The molecule has 1 N–H and O–H groups in total. The van der Waals surface area contributed by atoms with Gasteiger partial charge in [0.15, 0.2) is 0 Å². The van der Waals surface area contributed by atoms with Crippen LogP contribution in [0.15, 0.2) is 48.5 Å². The molecule has 5 rings (SSSR count). The average molecular weight is 374 g/mol. The lowest BCUT2D eigenvalue weighted by Gasteiger charge is -2.40. The fourth-order valence-electron chi connectivity index (χ4n) is 5.05. The number of amides is 2. The molecule has 0 bridgehead atoms. The monoisotopic (exact) mass is 373 g/mol. The van der Waals surface area contributed by atoms with E-state index < -0.39 is 0 Å². The van der Waals surface area contributed by atoms with Crippen molar-refractivity contribution in [2.75, 3.05) is 6.54 Å². The zero-order chi connectivity index (χ0) is 19.3. The van der Waals surface area contributed by atoms with E-state index in [0.717, 1.165) is 37.9 Å². The summed E-state index contributed by atoms with van der Waals surface area (Å²) in [5, 5.41) is 4.61. The molecule has 2 aromatic carbocycles. The van der Waals surface area contributed by atoms with Crippen molar-refractivity contribution in [3.63, 3.8) is 0 Å². The van der Waals surface area contributed by atoms with Gasteiger partial charge in [-0.05, 0) is 56.4 Å².